The maximum Gasteiger partial charge on any atom is 0.695 e. The van der Waals surface area contributed by atoms with Crippen molar-refractivity contribution < 1.29 is 14.0 Å². The molecule has 1 aromatic carbocycles. The maximum absolute atomic E-state index is 10.4. The first-order chi connectivity index (χ1) is 6.09. The van der Waals surface area contributed by atoms with Crippen molar-refractivity contribution in [1.82, 2.24) is 0 Å². The second kappa shape index (κ2) is 4.33. The van der Waals surface area contributed by atoms with Crippen LogP contribution in [-0.4, -0.2) is 4.89 Å². The summed E-state index contributed by atoms with van der Waals surface area (Å²) in [5.74, 6) is 0. The van der Waals surface area contributed by atoms with Gasteiger partial charge in [0.1, 0.15) is 6.10 Å². The van der Waals surface area contributed by atoms with Crippen LogP contribution in [0, 0.1) is 0 Å². The van der Waals surface area contributed by atoms with Crippen LogP contribution in [-0.2, 0) is 9.09 Å². The fraction of sp³-hybridized carbons (Fsp3) is 0.250. The standard InChI is InChI=1S/C8H10NO3P/c1-6(12-13(10)11)7-2-4-8(9)5-3-7/h2-6H,9H2,1H3/p+1. The molecule has 0 bridgehead atoms. The molecule has 0 aliphatic rings. The van der Waals surface area contributed by atoms with Gasteiger partial charge in [0.05, 0.1) is 0 Å². The predicted octanol–water partition coefficient (Wildman–Crippen LogP) is 2.00. The van der Waals surface area contributed by atoms with E-state index in [0.717, 1.165) is 5.56 Å². The molecule has 5 heteroatoms. The number of nitrogen functional groups attached to an aromatic ring is 1. The summed E-state index contributed by atoms with van der Waals surface area (Å²) in [5.41, 5.74) is 6.96. The fourth-order valence-corrected chi connectivity index (χ4v) is 1.36. The zero-order valence-electron chi connectivity index (χ0n) is 7.18. The van der Waals surface area contributed by atoms with Gasteiger partial charge in [0.2, 0.25) is 0 Å². The third kappa shape index (κ3) is 3.11. The van der Waals surface area contributed by atoms with E-state index in [1.807, 2.05) is 0 Å². The van der Waals surface area contributed by atoms with Crippen molar-refractivity contribution >= 4 is 13.9 Å². The van der Waals surface area contributed by atoms with Gasteiger partial charge in [-0.05, 0) is 24.6 Å². The molecule has 0 aliphatic carbocycles. The summed E-state index contributed by atoms with van der Waals surface area (Å²) in [6, 6.07) is 6.97. The molecule has 1 aromatic rings. The highest BCUT2D eigenvalue weighted by atomic mass is 31.1. The second-order valence-electron chi connectivity index (χ2n) is 2.65. The summed E-state index contributed by atoms with van der Waals surface area (Å²) in [7, 11) is -2.55. The van der Waals surface area contributed by atoms with Gasteiger partial charge >= 0.3 is 8.25 Å². The Morgan fingerprint density at radius 2 is 2.00 bits per heavy atom. The van der Waals surface area contributed by atoms with Gasteiger partial charge in [-0.15, -0.1) is 9.42 Å². The van der Waals surface area contributed by atoms with Crippen LogP contribution >= 0.6 is 8.25 Å². The Hall–Kier alpha value is -0.960. The van der Waals surface area contributed by atoms with E-state index in [4.69, 9.17) is 15.2 Å². The summed E-state index contributed by atoms with van der Waals surface area (Å²) in [6.45, 7) is 1.70. The smallest absolute Gasteiger partial charge is 0.399 e. The number of hydrogen-bond donors (Lipinski definition) is 2. The van der Waals surface area contributed by atoms with Crippen molar-refractivity contribution in [3.8, 4) is 0 Å². The van der Waals surface area contributed by atoms with E-state index < -0.39 is 14.4 Å². The van der Waals surface area contributed by atoms with Crippen LogP contribution in [0.15, 0.2) is 24.3 Å². The Morgan fingerprint density at radius 1 is 1.46 bits per heavy atom. The van der Waals surface area contributed by atoms with Crippen molar-refractivity contribution in [2.24, 2.45) is 0 Å². The molecule has 2 unspecified atom stereocenters. The summed E-state index contributed by atoms with van der Waals surface area (Å²) < 4.78 is 15.1. The van der Waals surface area contributed by atoms with E-state index in [2.05, 4.69) is 0 Å². The molecule has 0 fully saturated rings. The quantitative estimate of drug-likeness (QED) is 0.578. The molecular formula is C8H11NO3P+. The minimum absolute atomic E-state index is 0.394. The SMILES string of the molecule is CC(O[P+](=O)O)c1ccc(N)cc1. The third-order valence-electron chi connectivity index (χ3n) is 1.65. The van der Waals surface area contributed by atoms with Gasteiger partial charge in [0.25, 0.3) is 0 Å². The van der Waals surface area contributed by atoms with Crippen LogP contribution in [0.4, 0.5) is 5.69 Å². The molecule has 2 atom stereocenters. The van der Waals surface area contributed by atoms with Crippen LogP contribution in [0.2, 0.25) is 0 Å². The average Bonchev–Trinajstić information content (AvgIpc) is 2.04. The van der Waals surface area contributed by atoms with Crippen LogP contribution < -0.4 is 5.73 Å². The molecule has 0 spiro atoms. The minimum atomic E-state index is -2.55. The van der Waals surface area contributed by atoms with Crippen LogP contribution in [0.25, 0.3) is 0 Å². The first-order valence-electron chi connectivity index (χ1n) is 3.78. The van der Waals surface area contributed by atoms with Crippen molar-refractivity contribution in [2.45, 2.75) is 13.0 Å². The molecule has 0 aliphatic heterocycles. The van der Waals surface area contributed by atoms with E-state index in [-0.39, 0.29) is 0 Å². The molecule has 4 nitrogen and oxygen atoms in total. The van der Waals surface area contributed by atoms with E-state index in [1.165, 1.54) is 0 Å². The molecule has 70 valence electrons. The molecule has 1 rings (SSSR count). The Balaban J connectivity index is 2.71. The average molecular weight is 200 g/mol. The Kier molecular flexibility index (Phi) is 3.37. The number of hydrogen-bond acceptors (Lipinski definition) is 3. The summed E-state index contributed by atoms with van der Waals surface area (Å²) in [6.07, 6.45) is -0.394. The first kappa shape index (κ1) is 10.1. The summed E-state index contributed by atoms with van der Waals surface area (Å²) in [5, 5.41) is 0. The number of nitrogens with two attached hydrogens (primary N) is 1. The largest absolute Gasteiger partial charge is 0.695 e. The van der Waals surface area contributed by atoms with E-state index in [9.17, 15) is 4.57 Å². The van der Waals surface area contributed by atoms with Crippen molar-refractivity contribution in [2.75, 3.05) is 5.73 Å². The zero-order valence-corrected chi connectivity index (χ0v) is 8.07. The minimum Gasteiger partial charge on any atom is -0.399 e. The van der Waals surface area contributed by atoms with Crippen LogP contribution in [0.1, 0.15) is 18.6 Å². The molecule has 0 aromatic heterocycles. The van der Waals surface area contributed by atoms with Gasteiger partial charge in [-0.2, -0.15) is 0 Å². The second-order valence-corrected chi connectivity index (χ2v) is 3.34. The Bertz CT molecular complexity index is 299. The predicted molar refractivity (Wildman–Crippen MR) is 50.2 cm³/mol. The molecular weight excluding hydrogens is 189 g/mol. The number of rotatable bonds is 3. The van der Waals surface area contributed by atoms with Gasteiger partial charge in [0.15, 0.2) is 0 Å². The zero-order chi connectivity index (χ0) is 9.84. The lowest BCUT2D eigenvalue weighted by molar-refractivity contribution is 0.209. The van der Waals surface area contributed by atoms with Crippen molar-refractivity contribution in [1.29, 1.82) is 0 Å². The molecule has 0 heterocycles. The molecule has 0 saturated heterocycles. The van der Waals surface area contributed by atoms with Crippen LogP contribution in [0.3, 0.4) is 0 Å². The maximum atomic E-state index is 10.4. The third-order valence-corrected chi connectivity index (χ3v) is 2.15. The lowest BCUT2D eigenvalue weighted by Crippen LogP contribution is -1.94. The normalized spacial score (nSPS) is 13.8. The number of benzene rings is 1. The Morgan fingerprint density at radius 3 is 2.46 bits per heavy atom. The van der Waals surface area contributed by atoms with Gasteiger partial charge < -0.3 is 5.73 Å². The van der Waals surface area contributed by atoms with Gasteiger partial charge in [-0.25, -0.2) is 0 Å². The highest BCUT2D eigenvalue weighted by Gasteiger charge is 2.19. The molecule has 0 radical (unpaired) electrons. The monoisotopic (exact) mass is 200 g/mol. The molecule has 0 saturated carbocycles. The van der Waals surface area contributed by atoms with E-state index >= 15 is 0 Å². The van der Waals surface area contributed by atoms with Gasteiger partial charge in [0, 0.05) is 10.3 Å². The first-order valence-corrected chi connectivity index (χ1v) is 4.91. The molecule has 0 amide bonds. The van der Waals surface area contributed by atoms with Crippen molar-refractivity contribution in [3.05, 3.63) is 29.8 Å². The van der Waals surface area contributed by atoms with Gasteiger partial charge in [-0.1, -0.05) is 12.1 Å². The molecule has 13 heavy (non-hydrogen) atoms. The lowest BCUT2D eigenvalue weighted by Gasteiger charge is -2.03. The highest BCUT2D eigenvalue weighted by molar-refractivity contribution is 7.32. The lowest BCUT2D eigenvalue weighted by atomic mass is 10.1. The summed E-state index contributed by atoms with van der Waals surface area (Å²) >= 11 is 0. The highest BCUT2D eigenvalue weighted by Crippen LogP contribution is 2.28. The Labute approximate surface area is 77.3 Å². The molecule has 3 N–H and O–H groups in total. The van der Waals surface area contributed by atoms with E-state index in [1.54, 1.807) is 31.2 Å². The van der Waals surface area contributed by atoms with Gasteiger partial charge in [-0.3, -0.25) is 0 Å². The van der Waals surface area contributed by atoms with Crippen LogP contribution in [0.5, 0.6) is 0 Å². The summed E-state index contributed by atoms with van der Waals surface area (Å²) in [4.78, 5) is 8.50. The topological polar surface area (TPSA) is 72.5 Å². The number of anilines is 1. The fourth-order valence-electron chi connectivity index (χ4n) is 0.963. The van der Waals surface area contributed by atoms with Crippen molar-refractivity contribution in [3.63, 3.8) is 0 Å². The van der Waals surface area contributed by atoms with E-state index in [0.29, 0.717) is 5.69 Å².